The predicted molar refractivity (Wildman–Crippen MR) is 122 cm³/mol. The van der Waals surface area contributed by atoms with E-state index in [1.54, 1.807) is 44.3 Å². The Hall–Kier alpha value is -2.85. The summed E-state index contributed by atoms with van der Waals surface area (Å²) in [6, 6.07) is 7.33. The van der Waals surface area contributed by atoms with Crippen LogP contribution in [0.15, 0.2) is 39.8 Å². The summed E-state index contributed by atoms with van der Waals surface area (Å²) >= 11 is 0. The number of piperidine rings is 1. The molecule has 1 aliphatic rings. The zero-order valence-electron chi connectivity index (χ0n) is 17.8. The second kappa shape index (κ2) is 8.72. The number of benzene rings is 1. The van der Waals surface area contributed by atoms with Crippen molar-refractivity contribution in [1.82, 2.24) is 25.5 Å². The van der Waals surface area contributed by atoms with Crippen LogP contribution in [0.25, 0.3) is 22.8 Å². The minimum Gasteiger partial charge on any atom is -0.402 e. The third kappa shape index (κ3) is 4.59. The zero-order chi connectivity index (χ0) is 22.0. The molecule has 0 aliphatic carbocycles. The van der Waals surface area contributed by atoms with Gasteiger partial charge in [0, 0.05) is 14.5 Å². The molecule has 1 saturated heterocycles. The molecule has 1 aliphatic heterocycles. The molecule has 0 saturated carbocycles. The molecule has 1 fully saturated rings. The van der Waals surface area contributed by atoms with Crippen molar-refractivity contribution in [3.8, 4) is 22.8 Å². The molecular formula is C21H30N6O3S. The van der Waals surface area contributed by atoms with E-state index in [4.69, 9.17) is 4.42 Å². The zero-order valence-corrected chi connectivity index (χ0v) is 18.6. The van der Waals surface area contributed by atoms with E-state index in [1.165, 1.54) is 0 Å². The topological polar surface area (TPSA) is 123 Å². The average Bonchev–Trinajstić information content (AvgIpc) is 3.23. The number of sulfone groups is 1. The summed E-state index contributed by atoms with van der Waals surface area (Å²) in [5.74, 6) is 0.294. The highest BCUT2D eigenvalue weighted by Gasteiger charge is 2.20. The van der Waals surface area contributed by atoms with Gasteiger partial charge in [0.2, 0.25) is 0 Å². The molecule has 10 heteroatoms. The fourth-order valence-corrected chi connectivity index (χ4v) is 4.46. The van der Waals surface area contributed by atoms with Gasteiger partial charge >= 0.3 is 6.01 Å². The van der Waals surface area contributed by atoms with Crippen LogP contribution >= 0.6 is 0 Å². The summed E-state index contributed by atoms with van der Waals surface area (Å²) in [5.41, 5.74) is 2.52. The van der Waals surface area contributed by atoms with Gasteiger partial charge in [-0.05, 0) is 58.8 Å². The van der Waals surface area contributed by atoms with Crippen molar-refractivity contribution < 1.29 is 15.7 Å². The molecule has 0 amide bonds. The first kappa shape index (κ1) is 21.4. The van der Waals surface area contributed by atoms with Gasteiger partial charge in [-0.1, -0.05) is 17.2 Å². The Labute approximate surface area is 184 Å². The van der Waals surface area contributed by atoms with Crippen LogP contribution in [0.2, 0.25) is 0 Å². The van der Waals surface area contributed by atoms with Gasteiger partial charge in [-0.2, -0.15) is 0 Å². The van der Waals surface area contributed by atoms with Crippen molar-refractivity contribution in [1.29, 1.82) is 0 Å². The number of aromatic nitrogens is 4. The Bertz CT molecular complexity index is 1160. The second-order valence-corrected chi connectivity index (χ2v) is 10.4. The highest BCUT2D eigenvalue weighted by atomic mass is 32.2. The monoisotopic (exact) mass is 446 g/mol. The molecular weight excluding hydrogens is 416 g/mol. The maximum Gasteiger partial charge on any atom is 0.316 e. The van der Waals surface area contributed by atoms with E-state index in [9.17, 15) is 8.42 Å². The molecule has 3 aromatic rings. The van der Waals surface area contributed by atoms with Crippen molar-refractivity contribution in [3.63, 3.8) is 0 Å². The smallest absolute Gasteiger partial charge is 0.316 e. The van der Waals surface area contributed by atoms with Crippen molar-refractivity contribution in [2.45, 2.75) is 49.8 Å². The van der Waals surface area contributed by atoms with E-state index in [0.717, 1.165) is 31.5 Å². The number of nitrogens with one attached hydrogen (secondary N) is 2. The molecule has 0 unspecified atom stereocenters. The predicted octanol–water partition coefficient (Wildman–Crippen LogP) is 3.34. The molecule has 3 heterocycles. The lowest BCUT2D eigenvalue weighted by Crippen LogP contribution is -2.35. The van der Waals surface area contributed by atoms with E-state index in [1.807, 2.05) is 6.92 Å². The van der Waals surface area contributed by atoms with Crippen LogP contribution in [0, 0.1) is 6.92 Å². The van der Waals surface area contributed by atoms with Crippen LogP contribution < -0.4 is 10.6 Å². The van der Waals surface area contributed by atoms with Crippen molar-refractivity contribution in [2.24, 2.45) is 0 Å². The van der Waals surface area contributed by atoms with Gasteiger partial charge in [-0.3, -0.25) is 4.98 Å². The van der Waals surface area contributed by atoms with Crippen molar-refractivity contribution >= 4 is 15.9 Å². The molecule has 31 heavy (non-hydrogen) atoms. The molecule has 9 nitrogen and oxygen atoms in total. The van der Waals surface area contributed by atoms with Crippen molar-refractivity contribution in [3.05, 3.63) is 36.2 Å². The molecule has 2 N–H and O–H groups in total. The van der Waals surface area contributed by atoms with Gasteiger partial charge in [0.25, 0.3) is 5.89 Å². The van der Waals surface area contributed by atoms with E-state index in [0.29, 0.717) is 35.0 Å². The normalized spacial score (nSPS) is 15.4. The summed E-state index contributed by atoms with van der Waals surface area (Å²) in [7, 11) is -3.32. The number of hydrogen-bond donors (Lipinski definition) is 2. The Morgan fingerprint density at radius 1 is 1.16 bits per heavy atom. The number of aryl methyl sites for hydroxylation is 1. The molecule has 0 atom stereocenters. The second-order valence-electron chi connectivity index (χ2n) is 7.89. The molecule has 168 valence electrons. The van der Waals surface area contributed by atoms with Gasteiger partial charge in [0.05, 0.1) is 27.7 Å². The number of rotatable bonds is 6. The van der Waals surface area contributed by atoms with Crippen LogP contribution in [0.5, 0.6) is 0 Å². The van der Waals surface area contributed by atoms with Gasteiger partial charge in [-0.15, -0.1) is 5.10 Å². The summed E-state index contributed by atoms with van der Waals surface area (Å²) in [6.07, 6.45) is 3.64. The van der Waals surface area contributed by atoms with Crippen LogP contribution in [0.1, 0.15) is 35.2 Å². The van der Waals surface area contributed by atoms with Gasteiger partial charge in [0.1, 0.15) is 5.69 Å². The lowest BCUT2D eigenvalue weighted by Gasteiger charge is -2.22. The summed E-state index contributed by atoms with van der Waals surface area (Å²) in [6.45, 7) is 7.08. The SMILES string of the molecule is Cc1ncc(-c2ccc(S(=O)(=O)C(C)C)cc2)nc1-c1nnc(NC2CCNCC2)o1.[HH].[HH]. The third-order valence-corrected chi connectivity index (χ3v) is 7.52. The van der Waals surface area contributed by atoms with E-state index < -0.39 is 15.1 Å². The lowest BCUT2D eigenvalue weighted by atomic mass is 10.1. The fraction of sp³-hybridized carbons (Fsp3) is 0.429. The highest BCUT2D eigenvalue weighted by molar-refractivity contribution is 7.92. The first-order valence-electron chi connectivity index (χ1n) is 10.3. The lowest BCUT2D eigenvalue weighted by molar-refractivity contribution is 0.464. The molecule has 4 rings (SSSR count). The number of nitrogens with zero attached hydrogens (tertiary/aromatic N) is 4. The Morgan fingerprint density at radius 3 is 2.55 bits per heavy atom. The minimum atomic E-state index is -3.32. The first-order chi connectivity index (χ1) is 14.8. The molecule has 0 bridgehead atoms. The van der Waals surface area contributed by atoms with Crippen LogP contribution in [-0.4, -0.2) is 53.0 Å². The van der Waals surface area contributed by atoms with Crippen LogP contribution in [-0.2, 0) is 9.84 Å². The quantitative estimate of drug-likeness (QED) is 0.587. The molecule has 2 aromatic heterocycles. The fourth-order valence-electron chi connectivity index (χ4n) is 3.40. The minimum absolute atomic E-state index is 0. The average molecular weight is 447 g/mol. The largest absolute Gasteiger partial charge is 0.402 e. The Kier molecular flexibility index (Phi) is 6.01. The standard InChI is InChI=1S/C21H26N6O3S.2H2/c1-13(2)31(28,29)17-6-4-15(5-7-17)18-12-23-14(3)19(25-18)20-26-27-21(30-20)24-16-8-10-22-11-9-16;;/h4-7,12-13,16,22H,8-11H2,1-3H3,(H,24,27);2*1H. The van der Waals surface area contributed by atoms with Crippen LogP contribution in [0.4, 0.5) is 6.01 Å². The van der Waals surface area contributed by atoms with Crippen LogP contribution in [0.3, 0.4) is 0 Å². The summed E-state index contributed by atoms with van der Waals surface area (Å²) in [5, 5.41) is 14.4. The molecule has 1 aromatic carbocycles. The molecule has 0 radical (unpaired) electrons. The highest BCUT2D eigenvalue weighted by Crippen LogP contribution is 2.26. The van der Waals surface area contributed by atoms with E-state index in [-0.39, 0.29) is 7.75 Å². The maximum atomic E-state index is 12.3. The Morgan fingerprint density at radius 2 is 1.87 bits per heavy atom. The number of hydrogen-bond acceptors (Lipinski definition) is 9. The maximum absolute atomic E-state index is 12.3. The summed E-state index contributed by atoms with van der Waals surface area (Å²) < 4.78 is 30.5. The Balaban J connectivity index is 0.00000193. The summed E-state index contributed by atoms with van der Waals surface area (Å²) in [4.78, 5) is 9.36. The van der Waals surface area contributed by atoms with Gasteiger partial charge in [0.15, 0.2) is 9.84 Å². The van der Waals surface area contributed by atoms with E-state index in [2.05, 4.69) is 30.8 Å². The van der Waals surface area contributed by atoms with E-state index >= 15 is 0 Å². The molecule has 0 spiro atoms. The van der Waals surface area contributed by atoms with Gasteiger partial charge < -0.3 is 15.1 Å². The number of anilines is 1. The van der Waals surface area contributed by atoms with Crippen molar-refractivity contribution in [2.75, 3.05) is 18.4 Å². The first-order valence-corrected chi connectivity index (χ1v) is 11.9. The third-order valence-electron chi connectivity index (χ3n) is 5.35. The van der Waals surface area contributed by atoms with Gasteiger partial charge in [-0.25, -0.2) is 13.4 Å².